The third-order valence-corrected chi connectivity index (χ3v) is 4.08. The molecule has 1 amide bonds. The summed E-state index contributed by atoms with van der Waals surface area (Å²) in [7, 11) is 0. The maximum atomic E-state index is 12.5. The van der Waals surface area contributed by atoms with Gasteiger partial charge in [-0.05, 0) is 31.0 Å². The van der Waals surface area contributed by atoms with E-state index in [1.165, 1.54) is 4.68 Å². The van der Waals surface area contributed by atoms with E-state index in [-0.39, 0.29) is 18.0 Å². The smallest absolute Gasteiger partial charge is 0.275 e. The lowest BCUT2D eigenvalue weighted by Crippen LogP contribution is -2.34. The minimum absolute atomic E-state index is 0.0869. The molecule has 2 aromatic carbocycles. The van der Waals surface area contributed by atoms with Crippen molar-refractivity contribution in [2.24, 2.45) is 0 Å². The van der Waals surface area contributed by atoms with Crippen LogP contribution in [0.15, 0.2) is 53.3 Å². The van der Waals surface area contributed by atoms with Crippen LogP contribution in [0.3, 0.4) is 0 Å². The molecule has 24 heavy (non-hydrogen) atoms. The van der Waals surface area contributed by atoms with Gasteiger partial charge in [-0.2, -0.15) is 5.10 Å². The molecule has 0 spiro atoms. The molecule has 3 aromatic rings. The summed E-state index contributed by atoms with van der Waals surface area (Å²) in [5, 5.41) is 8.50. The lowest BCUT2D eigenvalue weighted by molar-refractivity contribution is -0.122. The maximum Gasteiger partial charge on any atom is 0.275 e. The highest BCUT2D eigenvalue weighted by Gasteiger charge is 2.10. The quantitative estimate of drug-likeness (QED) is 0.802. The van der Waals surface area contributed by atoms with Crippen LogP contribution in [-0.2, 0) is 17.9 Å². The van der Waals surface area contributed by atoms with Gasteiger partial charge >= 0.3 is 0 Å². The van der Waals surface area contributed by atoms with Gasteiger partial charge in [0.05, 0.1) is 11.1 Å². The molecule has 3 rings (SSSR count). The number of rotatable bonds is 4. The van der Waals surface area contributed by atoms with Crippen molar-refractivity contribution in [1.29, 1.82) is 0 Å². The number of nitrogens with one attached hydrogen (secondary N) is 1. The minimum atomic E-state index is -0.248. The maximum absolute atomic E-state index is 12.5. The topological polar surface area (TPSA) is 64.0 Å². The van der Waals surface area contributed by atoms with E-state index in [1.54, 1.807) is 6.07 Å². The number of hydrogen-bond acceptors (Lipinski definition) is 3. The molecule has 0 radical (unpaired) electrons. The molecule has 0 saturated heterocycles. The van der Waals surface area contributed by atoms with Gasteiger partial charge in [0.15, 0.2) is 0 Å². The van der Waals surface area contributed by atoms with Gasteiger partial charge in [0.25, 0.3) is 5.56 Å². The van der Waals surface area contributed by atoms with E-state index in [4.69, 9.17) is 0 Å². The Labute approximate surface area is 139 Å². The van der Waals surface area contributed by atoms with E-state index in [1.807, 2.05) is 56.3 Å². The fourth-order valence-electron chi connectivity index (χ4n) is 2.71. The summed E-state index contributed by atoms with van der Waals surface area (Å²) < 4.78 is 1.23. The van der Waals surface area contributed by atoms with E-state index < -0.39 is 0 Å². The lowest BCUT2D eigenvalue weighted by Gasteiger charge is -2.10. The molecule has 0 unspecified atom stereocenters. The van der Waals surface area contributed by atoms with Crippen molar-refractivity contribution in [1.82, 2.24) is 15.1 Å². The fraction of sp³-hybridized carbons (Fsp3) is 0.211. The van der Waals surface area contributed by atoms with Crippen molar-refractivity contribution in [2.75, 3.05) is 0 Å². The van der Waals surface area contributed by atoms with Crippen LogP contribution in [0.2, 0.25) is 0 Å². The Hall–Kier alpha value is -2.95. The average Bonchev–Trinajstić information content (AvgIpc) is 2.59. The molecule has 0 bridgehead atoms. The zero-order valence-electron chi connectivity index (χ0n) is 13.7. The molecule has 1 aromatic heterocycles. The molecule has 0 saturated carbocycles. The summed E-state index contributed by atoms with van der Waals surface area (Å²) in [4.78, 5) is 24.7. The average molecular weight is 321 g/mol. The van der Waals surface area contributed by atoms with Gasteiger partial charge < -0.3 is 5.32 Å². The Morgan fingerprint density at radius 3 is 2.46 bits per heavy atom. The molecule has 0 aliphatic carbocycles. The SMILES string of the molecule is Cc1ccccc1CNC(=O)Cn1nc(C)c2ccccc2c1=O. The second kappa shape index (κ2) is 6.66. The predicted molar refractivity (Wildman–Crippen MR) is 93.8 cm³/mol. The van der Waals surface area contributed by atoms with Crippen LogP contribution >= 0.6 is 0 Å². The van der Waals surface area contributed by atoms with Crippen molar-refractivity contribution >= 4 is 16.7 Å². The molecule has 0 aliphatic heterocycles. The van der Waals surface area contributed by atoms with Gasteiger partial charge in [-0.1, -0.05) is 42.5 Å². The van der Waals surface area contributed by atoms with Gasteiger partial charge in [0.1, 0.15) is 6.54 Å². The Bertz CT molecular complexity index is 960. The predicted octanol–water partition coefficient (Wildman–Crippen LogP) is 2.33. The minimum Gasteiger partial charge on any atom is -0.350 e. The monoisotopic (exact) mass is 321 g/mol. The third-order valence-electron chi connectivity index (χ3n) is 4.08. The molecular weight excluding hydrogens is 302 g/mol. The number of benzene rings is 2. The number of hydrogen-bond donors (Lipinski definition) is 1. The zero-order chi connectivity index (χ0) is 17.1. The van der Waals surface area contributed by atoms with Crippen LogP contribution < -0.4 is 10.9 Å². The van der Waals surface area contributed by atoms with E-state index in [2.05, 4.69) is 10.4 Å². The molecule has 122 valence electrons. The highest BCUT2D eigenvalue weighted by atomic mass is 16.2. The van der Waals surface area contributed by atoms with Crippen LogP contribution in [0.1, 0.15) is 16.8 Å². The number of fused-ring (bicyclic) bond motifs is 1. The van der Waals surface area contributed by atoms with Gasteiger partial charge in [0.2, 0.25) is 5.91 Å². The summed E-state index contributed by atoms with van der Waals surface area (Å²) >= 11 is 0. The van der Waals surface area contributed by atoms with Crippen molar-refractivity contribution < 1.29 is 4.79 Å². The molecule has 5 nitrogen and oxygen atoms in total. The fourth-order valence-corrected chi connectivity index (χ4v) is 2.71. The van der Waals surface area contributed by atoms with E-state index in [0.29, 0.717) is 11.9 Å². The zero-order valence-corrected chi connectivity index (χ0v) is 13.7. The molecule has 1 heterocycles. The van der Waals surface area contributed by atoms with Crippen LogP contribution in [0, 0.1) is 13.8 Å². The molecule has 1 N–H and O–H groups in total. The normalized spacial score (nSPS) is 10.8. The number of nitrogens with zero attached hydrogens (tertiary/aromatic N) is 2. The number of carbonyl (C=O) groups is 1. The third kappa shape index (κ3) is 3.20. The van der Waals surface area contributed by atoms with Crippen molar-refractivity contribution in [2.45, 2.75) is 26.9 Å². The second-order valence-corrected chi connectivity index (χ2v) is 5.80. The van der Waals surface area contributed by atoms with Gasteiger partial charge in [-0.3, -0.25) is 9.59 Å². The summed E-state index contributed by atoms with van der Waals surface area (Å²) in [6, 6.07) is 15.2. The van der Waals surface area contributed by atoms with Crippen LogP contribution in [0.4, 0.5) is 0 Å². The summed E-state index contributed by atoms with van der Waals surface area (Å²) in [6.45, 7) is 4.19. The molecule has 0 aliphatic rings. The van der Waals surface area contributed by atoms with Crippen LogP contribution in [-0.4, -0.2) is 15.7 Å². The van der Waals surface area contributed by atoms with Gasteiger partial charge in [0, 0.05) is 11.9 Å². The standard InChI is InChI=1S/C19H19N3O2/c1-13-7-3-4-8-15(13)11-20-18(23)12-22-19(24)17-10-6-5-9-16(17)14(2)21-22/h3-10H,11-12H2,1-2H3,(H,20,23). The number of carbonyl (C=O) groups excluding carboxylic acids is 1. The Balaban J connectivity index is 1.77. The summed E-state index contributed by atoms with van der Waals surface area (Å²) in [6.07, 6.45) is 0. The first-order valence-electron chi connectivity index (χ1n) is 7.84. The van der Waals surface area contributed by atoms with Crippen molar-refractivity contribution in [3.63, 3.8) is 0 Å². The highest BCUT2D eigenvalue weighted by Crippen LogP contribution is 2.11. The van der Waals surface area contributed by atoms with Crippen LogP contribution in [0.25, 0.3) is 10.8 Å². The van der Waals surface area contributed by atoms with Gasteiger partial charge in [-0.25, -0.2) is 4.68 Å². The molecule has 5 heteroatoms. The van der Waals surface area contributed by atoms with E-state index in [0.717, 1.165) is 22.2 Å². The first-order chi connectivity index (χ1) is 11.6. The van der Waals surface area contributed by atoms with Crippen molar-refractivity contribution in [3.8, 4) is 0 Å². The second-order valence-electron chi connectivity index (χ2n) is 5.80. The largest absolute Gasteiger partial charge is 0.350 e. The van der Waals surface area contributed by atoms with Gasteiger partial charge in [-0.15, -0.1) is 0 Å². The molecule has 0 fully saturated rings. The number of aromatic nitrogens is 2. The highest BCUT2D eigenvalue weighted by molar-refractivity contribution is 5.83. The molecular formula is C19H19N3O2. The van der Waals surface area contributed by atoms with Crippen molar-refractivity contribution in [3.05, 3.63) is 75.7 Å². The lowest BCUT2D eigenvalue weighted by atomic mass is 10.1. The number of aryl methyl sites for hydroxylation is 2. The molecule has 0 atom stereocenters. The number of amides is 1. The summed E-state index contributed by atoms with van der Waals surface area (Å²) in [5.41, 5.74) is 2.66. The Kier molecular flexibility index (Phi) is 4.42. The first-order valence-corrected chi connectivity index (χ1v) is 7.84. The van der Waals surface area contributed by atoms with E-state index in [9.17, 15) is 9.59 Å². The Morgan fingerprint density at radius 1 is 1.04 bits per heavy atom. The Morgan fingerprint density at radius 2 is 1.71 bits per heavy atom. The van der Waals surface area contributed by atoms with Crippen LogP contribution in [0.5, 0.6) is 0 Å². The van der Waals surface area contributed by atoms with E-state index >= 15 is 0 Å². The first kappa shape index (κ1) is 15.9. The summed E-state index contributed by atoms with van der Waals surface area (Å²) in [5.74, 6) is -0.234.